The molecule has 0 aliphatic heterocycles. The Balaban J connectivity index is 1.88. The normalized spacial score (nSPS) is 12.8. The maximum Gasteiger partial charge on any atom is 0.242 e. The Morgan fingerprint density at radius 3 is 2.55 bits per heavy atom. The van der Waals surface area contributed by atoms with E-state index in [0.29, 0.717) is 16.1 Å². The molecule has 33 heavy (non-hydrogen) atoms. The van der Waals surface area contributed by atoms with Crippen LogP contribution in [0.4, 0.5) is 10.1 Å². The van der Waals surface area contributed by atoms with Crippen LogP contribution in [0, 0.1) is 12.7 Å². The van der Waals surface area contributed by atoms with Crippen molar-refractivity contribution in [1.29, 1.82) is 0 Å². The van der Waals surface area contributed by atoms with Gasteiger partial charge in [0.05, 0.1) is 27.4 Å². The van der Waals surface area contributed by atoms with E-state index in [-0.39, 0.29) is 10.7 Å². The first-order valence-electron chi connectivity index (χ1n) is 9.88. The van der Waals surface area contributed by atoms with Crippen LogP contribution < -0.4 is 4.80 Å². The van der Waals surface area contributed by atoms with Gasteiger partial charge in [0.25, 0.3) is 0 Å². The predicted molar refractivity (Wildman–Crippen MR) is 132 cm³/mol. The molecule has 2 heterocycles. The third-order valence-electron chi connectivity index (χ3n) is 4.85. The van der Waals surface area contributed by atoms with E-state index in [4.69, 9.17) is 4.99 Å². The summed E-state index contributed by atoms with van der Waals surface area (Å²) in [4.78, 5) is 6.42. The molecule has 0 fully saturated rings. The Kier molecular flexibility index (Phi) is 6.71. The van der Waals surface area contributed by atoms with Crippen molar-refractivity contribution in [2.75, 3.05) is 14.1 Å². The van der Waals surface area contributed by atoms with Gasteiger partial charge in [0, 0.05) is 25.0 Å². The summed E-state index contributed by atoms with van der Waals surface area (Å²) in [6.45, 7) is 1.87. The smallest absolute Gasteiger partial charge is 0.219 e. The number of hydrogen-bond acceptors (Lipinski definition) is 6. The lowest BCUT2D eigenvalue weighted by Crippen LogP contribution is -2.22. The van der Waals surface area contributed by atoms with Gasteiger partial charge in [-0.2, -0.15) is 5.10 Å². The Hall–Kier alpha value is -2.92. The van der Waals surface area contributed by atoms with E-state index in [0.717, 1.165) is 16.1 Å². The number of thiophene rings is 1. The van der Waals surface area contributed by atoms with Gasteiger partial charge in [-0.05, 0) is 42.1 Å². The van der Waals surface area contributed by atoms with Gasteiger partial charge in [-0.1, -0.05) is 30.3 Å². The SMILES string of the molecule is Cc1ccc(S(=O)(=O)N(C)C)cc1N=c1scc(-c2cccs2)n1/N=C/c1ccccc1F. The standard InChI is InChI=1S/C23H21FN4O2S3/c1-16-10-11-18(33(29,30)27(2)3)13-20(16)26-23-28(21(15-32-23)22-9-6-12-31-22)25-14-17-7-4-5-8-19(17)24/h4-15H,1-3H3/b25-14+,26-23?. The number of sulfonamides is 1. The van der Waals surface area contributed by atoms with Crippen molar-refractivity contribution in [3.63, 3.8) is 0 Å². The lowest BCUT2D eigenvalue weighted by Gasteiger charge is -2.12. The molecule has 0 radical (unpaired) electrons. The first-order valence-corrected chi connectivity index (χ1v) is 13.1. The second kappa shape index (κ2) is 9.52. The fourth-order valence-electron chi connectivity index (χ4n) is 2.97. The van der Waals surface area contributed by atoms with Gasteiger partial charge < -0.3 is 0 Å². The highest BCUT2D eigenvalue weighted by Crippen LogP contribution is 2.27. The minimum atomic E-state index is -3.60. The maximum absolute atomic E-state index is 14.1. The third kappa shape index (κ3) is 4.88. The second-order valence-electron chi connectivity index (χ2n) is 7.31. The lowest BCUT2D eigenvalue weighted by molar-refractivity contribution is 0.521. The average molecular weight is 501 g/mol. The van der Waals surface area contributed by atoms with Crippen molar-refractivity contribution in [3.05, 3.63) is 87.1 Å². The third-order valence-corrected chi connectivity index (χ3v) is 8.37. The van der Waals surface area contributed by atoms with Crippen LogP contribution in [0.1, 0.15) is 11.1 Å². The first kappa shape index (κ1) is 23.2. The molecule has 0 saturated carbocycles. The molecule has 4 rings (SSSR count). The summed E-state index contributed by atoms with van der Waals surface area (Å²) in [5.41, 5.74) is 2.52. The van der Waals surface area contributed by atoms with Crippen molar-refractivity contribution in [2.45, 2.75) is 11.8 Å². The maximum atomic E-state index is 14.1. The summed E-state index contributed by atoms with van der Waals surface area (Å²) in [7, 11) is -0.619. The van der Waals surface area contributed by atoms with Crippen molar-refractivity contribution >= 4 is 44.6 Å². The number of aryl methyl sites for hydroxylation is 1. The molecule has 2 aromatic carbocycles. The Morgan fingerprint density at radius 1 is 1.06 bits per heavy atom. The fraction of sp³-hybridized carbons (Fsp3) is 0.130. The molecule has 6 nitrogen and oxygen atoms in total. The van der Waals surface area contributed by atoms with Gasteiger partial charge in [0.15, 0.2) is 0 Å². The molecule has 0 amide bonds. The Morgan fingerprint density at radius 2 is 1.85 bits per heavy atom. The number of halogens is 1. The van der Waals surface area contributed by atoms with Crippen LogP contribution in [0.5, 0.6) is 0 Å². The van der Waals surface area contributed by atoms with E-state index < -0.39 is 10.0 Å². The van der Waals surface area contributed by atoms with E-state index in [1.54, 1.807) is 52.4 Å². The summed E-state index contributed by atoms with van der Waals surface area (Å²) in [6, 6.07) is 15.2. The molecule has 0 saturated heterocycles. The Bertz CT molecular complexity index is 1480. The van der Waals surface area contributed by atoms with Gasteiger partial charge in [-0.15, -0.1) is 22.7 Å². The molecule has 0 aliphatic rings. The summed E-state index contributed by atoms with van der Waals surface area (Å²) in [5.74, 6) is -0.370. The van der Waals surface area contributed by atoms with E-state index in [1.807, 2.05) is 29.8 Å². The van der Waals surface area contributed by atoms with E-state index in [1.165, 1.54) is 42.0 Å². The molecule has 0 spiro atoms. The number of aromatic nitrogens is 1. The summed E-state index contributed by atoms with van der Waals surface area (Å²) < 4.78 is 42.1. The van der Waals surface area contributed by atoms with Crippen LogP contribution >= 0.6 is 22.7 Å². The highest BCUT2D eigenvalue weighted by Gasteiger charge is 2.18. The van der Waals surface area contributed by atoms with Crippen LogP contribution in [0.15, 0.2) is 80.3 Å². The monoisotopic (exact) mass is 500 g/mol. The second-order valence-corrected chi connectivity index (χ2v) is 11.2. The van der Waals surface area contributed by atoms with Gasteiger partial charge in [-0.3, -0.25) is 0 Å². The molecule has 170 valence electrons. The largest absolute Gasteiger partial charge is 0.242 e. The van der Waals surface area contributed by atoms with Crippen LogP contribution in [-0.4, -0.2) is 37.7 Å². The van der Waals surface area contributed by atoms with Crippen molar-refractivity contribution < 1.29 is 12.8 Å². The minimum Gasteiger partial charge on any atom is -0.219 e. The summed E-state index contributed by atoms with van der Waals surface area (Å²) in [6.07, 6.45) is 1.46. The highest BCUT2D eigenvalue weighted by molar-refractivity contribution is 7.89. The molecule has 0 aliphatic carbocycles. The van der Waals surface area contributed by atoms with Gasteiger partial charge >= 0.3 is 0 Å². The molecule has 2 aromatic heterocycles. The van der Waals surface area contributed by atoms with Crippen LogP contribution in [0.2, 0.25) is 0 Å². The number of hydrogen-bond donors (Lipinski definition) is 0. The number of benzene rings is 2. The topological polar surface area (TPSA) is 67.0 Å². The van der Waals surface area contributed by atoms with Gasteiger partial charge in [-0.25, -0.2) is 26.8 Å². The first-order chi connectivity index (χ1) is 15.8. The molecule has 0 N–H and O–H groups in total. The quantitative estimate of drug-likeness (QED) is 0.346. The number of thiazole rings is 1. The van der Waals surface area contributed by atoms with Gasteiger partial charge in [0.2, 0.25) is 14.8 Å². The van der Waals surface area contributed by atoms with E-state index in [2.05, 4.69) is 5.10 Å². The Labute approximate surface area is 199 Å². The fourth-order valence-corrected chi connectivity index (χ4v) is 5.53. The highest BCUT2D eigenvalue weighted by atomic mass is 32.2. The van der Waals surface area contributed by atoms with Crippen LogP contribution in [0.3, 0.4) is 0 Å². The molecule has 10 heteroatoms. The zero-order valence-electron chi connectivity index (χ0n) is 18.1. The zero-order chi connectivity index (χ0) is 23.6. The molecule has 0 unspecified atom stereocenters. The predicted octanol–water partition coefficient (Wildman–Crippen LogP) is 5.09. The van der Waals surface area contributed by atoms with Crippen molar-refractivity contribution in [1.82, 2.24) is 8.98 Å². The summed E-state index contributed by atoms with van der Waals surface area (Å²) in [5, 5.41) is 8.42. The molecule has 0 atom stereocenters. The van der Waals surface area contributed by atoms with Crippen LogP contribution in [0.25, 0.3) is 10.6 Å². The van der Waals surface area contributed by atoms with E-state index >= 15 is 0 Å². The van der Waals surface area contributed by atoms with Crippen molar-refractivity contribution in [2.24, 2.45) is 10.1 Å². The van der Waals surface area contributed by atoms with Crippen LogP contribution in [-0.2, 0) is 10.0 Å². The summed E-state index contributed by atoms with van der Waals surface area (Å²) >= 11 is 2.93. The molecule has 0 bridgehead atoms. The van der Waals surface area contributed by atoms with Crippen molar-refractivity contribution in [3.8, 4) is 10.6 Å². The minimum absolute atomic E-state index is 0.160. The lowest BCUT2D eigenvalue weighted by atomic mass is 10.2. The molecular weight excluding hydrogens is 479 g/mol. The molecular formula is C23H21FN4O2S3. The zero-order valence-corrected chi connectivity index (χ0v) is 20.6. The molecule has 4 aromatic rings. The average Bonchev–Trinajstić information content (AvgIpc) is 3.44. The van der Waals surface area contributed by atoms with Gasteiger partial charge in [0.1, 0.15) is 5.82 Å². The number of rotatable bonds is 6. The van der Waals surface area contributed by atoms with E-state index in [9.17, 15) is 12.8 Å². The number of nitrogens with zero attached hydrogens (tertiary/aromatic N) is 4.